The number of aromatic nitrogens is 5. The van der Waals surface area contributed by atoms with Gasteiger partial charge in [-0.25, -0.2) is 22.8 Å². The zero-order chi connectivity index (χ0) is 97.9. The van der Waals surface area contributed by atoms with Gasteiger partial charge in [-0.2, -0.15) is 0 Å². The van der Waals surface area contributed by atoms with Crippen LogP contribution in [0.15, 0.2) is 356 Å². The Kier molecular flexibility index (Phi) is 23.6. The molecule has 0 radical (unpaired) electrons. The van der Waals surface area contributed by atoms with Gasteiger partial charge in [0.2, 0.25) is 28.5 Å². The Morgan fingerprint density at radius 1 is 0.245 bits per heavy atom. The van der Waals surface area contributed by atoms with E-state index >= 15 is 0 Å². The molecule has 2 saturated carbocycles. The van der Waals surface area contributed by atoms with E-state index in [9.17, 15) is 0 Å². The molecule has 10 nitrogen and oxygen atoms in total. The first-order valence-electron chi connectivity index (χ1n) is 51.2. The molecule has 0 amide bonds. The van der Waals surface area contributed by atoms with Crippen molar-refractivity contribution in [1.29, 1.82) is 0 Å². The van der Waals surface area contributed by atoms with Crippen molar-refractivity contribution in [2.45, 2.75) is 151 Å². The summed E-state index contributed by atoms with van der Waals surface area (Å²) >= 11 is 0. The molecule has 143 heavy (non-hydrogen) atoms. The Morgan fingerprint density at radius 3 is 0.811 bits per heavy atom. The summed E-state index contributed by atoms with van der Waals surface area (Å²) in [6, 6.07) is 109. The van der Waals surface area contributed by atoms with E-state index in [2.05, 4.69) is 462 Å². The van der Waals surface area contributed by atoms with Crippen molar-refractivity contribution in [3.63, 3.8) is 0 Å². The van der Waals surface area contributed by atoms with Gasteiger partial charge < -0.3 is 22.1 Å². The number of aryl methyl sites for hydroxylation is 12. The molecule has 10 heteroatoms. The summed E-state index contributed by atoms with van der Waals surface area (Å²) in [5.74, 6) is 1.39. The molecule has 0 bridgehead atoms. The normalized spacial score (nSPS) is 13.3. The summed E-state index contributed by atoms with van der Waals surface area (Å²) in [4.78, 5) is 0. The molecule has 27 rings (SSSR count). The minimum atomic E-state index is 0.0922. The molecule has 0 atom stereocenters. The Bertz CT molecular complexity index is 9400. The van der Waals surface area contributed by atoms with Crippen molar-refractivity contribution in [3.8, 4) is 56.3 Å². The molecule has 0 N–H and O–H groups in total. The molecule has 0 saturated heterocycles. The topological polar surface area (TPSA) is 85.1 Å². The lowest BCUT2D eigenvalue weighted by Gasteiger charge is -2.21. The van der Waals surface area contributed by atoms with Crippen LogP contribution in [-0.2, 0) is 47.1 Å². The van der Waals surface area contributed by atoms with Crippen LogP contribution in [0.1, 0.15) is 153 Å². The van der Waals surface area contributed by atoms with Crippen LogP contribution in [0.25, 0.3) is 220 Å². The largest absolute Gasteiger partial charge is 0.454 e. The molecule has 10 heterocycles. The minimum Gasteiger partial charge on any atom is -0.454 e. The van der Waals surface area contributed by atoms with Crippen LogP contribution in [0.3, 0.4) is 0 Å². The Balaban J connectivity index is 0.0000000993. The first-order chi connectivity index (χ1) is 69.5. The molecule has 25 aromatic rings. The summed E-state index contributed by atoms with van der Waals surface area (Å²) in [5.41, 5.74) is 34.9. The van der Waals surface area contributed by atoms with E-state index < -0.39 is 0 Å². The van der Waals surface area contributed by atoms with Crippen molar-refractivity contribution in [3.05, 3.63) is 390 Å². The van der Waals surface area contributed by atoms with Gasteiger partial charge in [-0.1, -0.05) is 272 Å². The molecule has 15 aromatic carbocycles. The fourth-order valence-corrected chi connectivity index (χ4v) is 23.2. The van der Waals surface area contributed by atoms with Crippen LogP contribution >= 0.6 is 0 Å². The number of pyridine rings is 5. The molecule has 2 aliphatic carbocycles. The number of furan rings is 5. The van der Waals surface area contributed by atoms with E-state index in [4.69, 9.17) is 22.1 Å². The summed E-state index contributed by atoms with van der Waals surface area (Å²) in [5, 5.41) is 23.8. The molecule has 0 aliphatic heterocycles. The minimum absolute atomic E-state index is 0.0922. The van der Waals surface area contributed by atoms with E-state index in [0.717, 1.165) is 73.0 Å². The molecular weight excluding hydrogens is 1750 g/mol. The average molecular weight is 1870 g/mol. The van der Waals surface area contributed by atoms with E-state index in [1.165, 1.54) is 267 Å². The van der Waals surface area contributed by atoms with Crippen molar-refractivity contribution < 1.29 is 44.9 Å². The quantitative estimate of drug-likeness (QED) is 0.142. The summed E-state index contributed by atoms with van der Waals surface area (Å²) < 4.78 is 44.0. The second-order valence-electron chi connectivity index (χ2n) is 41.5. The standard InChI is InChI=1S/C29H28NO.C28H26NO.C27H26NO.C25H22NO.C24H20NO/c1-19-12-14-25-24-15-13-21-10-6-7-11-23(21)28(24)31-29(25)27(19)26-18-22(16-17-30(26)2)20-8-4-3-5-9-20;1-18-11-13-24-23-14-12-20-9-5-6-10-22(20)27(23)30-28(24)26(18)25-17-21(15-16-29(25)2)19-7-3-4-8-19;1-17-10-12-22-21-13-11-18-8-6-7-9-20(18)25(21)29-26(22)24(17)23-16-19(27(2,3)4)14-15-28(23)5;1-4-17-10-14-22(26(3)15-17)23-16(2)9-12-21-20-13-11-18-7-5-6-8-19(18)24(20)27-25(21)23;1-15-8-13-21(25(3)14-15)22-16(2)9-11-20-19-12-10-17-6-4-5-7-18(17)23(19)26-24(20)22/h6-7,10-18,20H,3-5,8-9H2,1-2H3;5-6,9-17,19H,3-4,7-8H2,1-2H3;6-16H,1-5H3;5-15H,4H2,1-3H3;4-14H,1-3H3/q5*+1. The highest BCUT2D eigenvalue weighted by Crippen LogP contribution is 2.49. The summed E-state index contributed by atoms with van der Waals surface area (Å²) in [6.45, 7) is 22.0. The Labute approximate surface area is 835 Å². The maximum absolute atomic E-state index is 6.66. The number of hydrogen-bond acceptors (Lipinski definition) is 5. The predicted molar refractivity (Wildman–Crippen MR) is 593 cm³/mol. The Hall–Kier alpha value is -15.7. The smallest absolute Gasteiger partial charge is 0.216 e. The second kappa shape index (κ2) is 37.1. The van der Waals surface area contributed by atoms with Crippen LogP contribution in [0.5, 0.6) is 0 Å². The van der Waals surface area contributed by atoms with E-state index in [-0.39, 0.29) is 5.41 Å². The predicted octanol–water partition coefficient (Wildman–Crippen LogP) is 33.6. The highest BCUT2D eigenvalue weighted by Gasteiger charge is 2.32. The van der Waals surface area contributed by atoms with Crippen LogP contribution < -0.4 is 22.8 Å². The van der Waals surface area contributed by atoms with Crippen LogP contribution in [-0.4, -0.2) is 0 Å². The highest BCUT2D eigenvalue weighted by molar-refractivity contribution is 6.22. The SMILES string of the molecule is CCc1ccc(-c2c(C)ccc3c2oc2c4ccccc4ccc32)[n+](C)c1.Cc1ccc(-c2c(C)ccc3c2oc2c4ccccc4ccc32)[n+](C)c1.Cc1ccc2c(oc3c4ccccc4ccc23)c1-c1cc(C(C)(C)C)cc[n+]1C.Cc1ccc2c(oc3c4ccccc4ccc23)c1-c1cc(C2CCCC2)cc[n+]1C.Cc1ccc2c(oc3c4ccccc4ccc23)c1-c1cc(C2CCCCC2)cc[n+]1C. The Morgan fingerprint density at radius 2 is 0.510 bits per heavy atom. The molecule has 10 aromatic heterocycles. The van der Waals surface area contributed by atoms with Crippen LogP contribution in [0.4, 0.5) is 0 Å². The van der Waals surface area contributed by atoms with Gasteiger partial charge in [-0.3, -0.25) is 0 Å². The zero-order valence-corrected chi connectivity index (χ0v) is 84.8. The third-order valence-electron chi connectivity index (χ3n) is 31.1. The number of rotatable bonds is 8. The van der Waals surface area contributed by atoms with Gasteiger partial charge in [0.15, 0.2) is 31.0 Å². The van der Waals surface area contributed by atoms with Gasteiger partial charge in [-0.15, -0.1) is 0 Å². The first-order valence-corrected chi connectivity index (χ1v) is 51.2. The van der Waals surface area contributed by atoms with Crippen molar-refractivity contribution in [2.24, 2.45) is 35.2 Å². The van der Waals surface area contributed by atoms with Gasteiger partial charge in [0.1, 0.15) is 91.1 Å². The molecule has 2 aliphatic rings. The fourth-order valence-electron chi connectivity index (χ4n) is 23.2. The lowest BCUT2D eigenvalue weighted by Crippen LogP contribution is -2.32. The number of nitrogens with zero attached hydrogens (tertiary/aromatic N) is 5. The van der Waals surface area contributed by atoms with Crippen LogP contribution in [0.2, 0.25) is 0 Å². The van der Waals surface area contributed by atoms with Crippen molar-refractivity contribution in [1.82, 2.24) is 0 Å². The van der Waals surface area contributed by atoms with Crippen LogP contribution in [0, 0.1) is 41.5 Å². The maximum Gasteiger partial charge on any atom is 0.216 e. The number of hydrogen-bond donors (Lipinski definition) is 0. The van der Waals surface area contributed by atoms with E-state index in [0.29, 0.717) is 11.8 Å². The lowest BCUT2D eigenvalue weighted by molar-refractivity contribution is -0.660. The average Bonchev–Trinajstić information content (AvgIpc) is 1.61. The summed E-state index contributed by atoms with van der Waals surface area (Å²) in [7, 11) is 10.6. The summed E-state index contributed by atoms with van der Waals surface area (Å²) in [6.07, 6.45) is 24.1. The fraction of sp³-hybridized carbons (Fsp3) is 0.211. The molecule has 2 fully saturated rings. The van der Waals surface area contributed by atoms with Gasteiger partial charge >= 0.3 is 0 Å². The molecule has 0 spiro atoms. The number of fused-ring (bicyclic) bond motifs is 25. The first kappa shape index (κ1) is 91.1. The van der Waals surface area contributed by atoms with Crippen molar-refractivity contribution >= 4 is 164 Å². The van der Waals surface area contributed by atoms with Gasteiger partial charge in [0.25, 0.3) is 0 Å². The second-order valence-corrected chi connectivity index (χ2v) is 41.5. The van der Waals surface area contributed by atoms with Crippen molar-refractivity contribution in [2.75, 3.05) is 0 Å². The van der Waals surface area contributed by atoms with Gasteiger partial charge in [0, 0.05) is 140 Å². The van der Waals surface area contributed by atoms with Gasteiger partial charge in [0.05, 0.1) is 27.8 Å². The monoisotopic (exact) mass is 1870 g/mol. The lowest BCUT2D eigenvalue weighted by atomic mass is 9.84. The van der Waals surface area contributed by atoms with E-state index in [1.54, 1.807) is 0 Å². The van der Waals surface area contributed by atoms with E-state index in [1.807, 2.05) is 0 Å². The molecular formula is C133H122N5O5+5. The molecule has 0 unspecified atom stereocenters. The number of benzene rings is 15. The zero-order valence-electron chi connectivity index (χ0n) is 84.8. The highest BCUT2D eigenvalue weighted by atomic mass is 16.3. The van der Waals surface area contributed by atoms with Gasteiger partial charge in [-0.05, 0) is 205 Å². The maximum atomic E-state index is 6.66. The third kappa shape index (κ3) is 16.4. The molecule has 704 valence electrons. The third-order valence-corrected chi connectivity index (χ3v) is 31.1.